The Morgan fingerprint density at radius 3 is 2.21 bits per heavy atom. The van der Waals surface area contributed by atoms with Crippen molar-refractivity contribution >= 4 is 35.2 Å². The van der Waals surface area contributed by atoms with Crippen LogP contribution in [0.5, 0.6) is 0 Å². The van der Waals surface area contributed by atoms with Crippen molar-refractivity contribution < 1.29 is 14.0 Å². The molecule has 0 saturated carbocycles. The van der Waals surface area contributed by atoms with Gasteiger partial charge in [0.25, 0.3) is 0 Å². The van der Waals surface area contributed by atoms with Crippen LogP contribution < -0.4 is 0 Å². The minimum absolute atomic E-state index is 0.116. The second-order valence-corrected chi connectivity index (χ2v) is 13.1. The summed E-state index contributed by atoms with van der Waals surface area (Å²) in [7, 11) is -1.56. The molecule has 0 fully saturated rings. The molecule has 0 saturated heterocycles. The summed E-state index contributed by atoms with van der Waals surface area (Å²) in [4.78, 5) is 13.6. The summed E-state index contributed by atoms with van der Waals surface area (Å²) in [5.41, 5.74) is 0. The summed E-state index contributed by atoms with van der Waals surface area (Å²) in [5, 5.41) is 0. The van der Waals surface area contributed by atoms with E-state index in [0.29, 0.717) is 0 Å². The molecule has 0 atom stereocenters. The minimum atomic E-state index is -1.56. The fourth-order valence-corrected chi connectivity index (χ4v) is 1.57. The van der Waals surface area contributed by atoms with E-state index in [1.807, 2.05) is 13.8 Å². The van der Waals surface area contributed by atoms with Gasteiger partial charge in [-0.2, -0.15) is 0 Å². The van der Waals surface area contributed by atoms with E-state index < -0.39 is 8.32 Å². The molecule has 0 amide bonds. The Labute approximate surface area is 97.8 Å². The van der Waals surface area contributed by atoms with Crippen molar-refractivity contribution in [3.8, 4) is 0 Å². The average molecular weight is 332 g/mol. The molecule has 0 aliphatic heterocycles. The molecule has 3 nitrogen and oxygen atoms in total. The van der Waals surface area contributed by atoms with Crippen LogP contribution in [-0.2, 0) is 14.0 Å². The Balaban J connectivity index is 3.87. The van der Waals surface area contributed by atoms with Crippen LogP contribution >= 0.6 is 0 Å². The third-order valence-electron chi connectivity index (χ3n) is 1.68. The second-order valence-electron chi connectivity index (χ2n) is 4.52. The molecule has 0 N–H and O–H groups in total. The fraction of sp³-hybridized carbons (Fsp3) is 0.889. The molecule has 0 heterocycles. The third-order valence-corrected chi connectivity index (χ3v) is 6.06. The number of ether oxygens (including phenoxy) is 1. The Hall–Kier alpha value is 0.436. The van der Waals surface area contributed by atoms with E-state index in [1.54, 1.807) is 0 Å². The topological polar surface area (TPSA) is 35.5 Å². The van der Waals surface area contributed by atoms with Gasteiger partial charge >= 0.3 is 97.9 Å². The Morgan fingerprint density at radius 1 is 1.36 bits per heavy atom. The predicted molar refractivity (Wildman–Crippen MR) is 61.0 cm³/mol. The van der Waals surface area contributed by atoms with E-state index in [4.69, 9.17) is 9.16 Å². The molecule has 5 heteroatoms. The van der Waals surface area contributed by atoms with Gasteiger partial charge in [-0.3, -0.25) is 0 Å². The Morgan fingerprint density at radius 2 is 1.86 bits per heavy atom. The number of rotatable bonds is 5. The van der Waals surface area contributed by atoms with Crippen LogP contribution in [0.25, 0.3) is 0 Å². The molecular formula is C9H20O3SiTe. The maximum atomic E-state index is 11.5. The van der Waals surface area contributed by atoms with Crippen LogP contribution in [0, 0.1) is 0 Å². The van der Waals surface area contributed by atoms with E-state index in [-0.39, 0.29) is 37.1 Å². The summed E-state index contributed by atoms with van der Waals surface area (Å²) in [6, 6.07) is 0. The molecule has 0 spiro atoms. The van der Waals surface area contributed by atoms with E-state index in [0.717, 1.165) is 0 Å². The average Bonchev–Trinajstić information content (AvgIpc) is 2.02. The first kappa shape index (κ1) is 14.4. The molecule has 0 aromatic carbocycles. The van der Waals surface area contributed by atoms with Gasteiger partial charge in [0.05, 0.1) is 0 Å². The maximum absolute atomic E-state index is 11.5. The van der Waals surface area contributed by atoms with E-state index in [2.05, 4.69) is 24.6 Å². The quantitative estimate of drug-likeness (QED) is 0.440. The molecule has 0 aromatic rings. The summed E-state index contributed by atoms with van der Waals surface area (Å²) in [5.74, 6) is -0.124. The number of hydrogen-bond acceptors (Lipinski definition) is 3. The van der Waals surface area contributed by atoms with Gasteiger partial charge < -0.3 is 0 Å². The van der Waals surface area contributed by atoms with Gasteiger partial charge in [0, 0.05) is 0 Å². The Kier molecular flexibility index (Phi) is 5.67. The molecule has 14 heavy (non-hydrogen) atoms. The standard InChI is InChI=1S/C9H20O3SiTe/c1-9(2,14-6)8(10)11-7-12-13(3,4)5/h7H2,1-6H3. The molecule has 0 bridgehead atoms. The van der Waals surface area contributed by atoms with Crippen LogP contribution in [0.3, 0.4) is 0 Å². The van der Waals surface area contributed by atoms with Crippen molar-refractivity contribution in [2.45, 2.75) is 41.9 Å². The molecule has 0 unspecified atom stereocenters. The summed E-state index contributed by atoms with van der Waals surface area (Å²) in [6.45, 7) is 10.2. The molecule has 84 valence electrons. The zero-order chi connectivity index (χ0) is 11.4. The first-order valence-corrected chi connectivity index (χ1v) is 11.5. The van der Waals surface area contributed by atoms with Crippen LogP contribution in [0.15, 0.2) is 0 Å². The van der Waals surface area contributed by atoms with Gasteiger partial charge in [-0.05, 0) is 0 Å². The van der Waals surface area contributed by atoms with Crippen molar-refractivity contribution in [3.05, 3.63) is 0 Å². The van der Waals surface area contributed by atoms with E-state index in [1.165, 1.54) is 0 Å². The van der Waals surface area contributed by atoms with E-state index >= 15 is 0 Å². The van der Waals surface area contributed by atoms with Gasteiger partial charge in [-0.25, -0.2) is 0 Å². The fourth-order valence-electron chi connectivity index (χ4n) is 0.517. The van der Waals surface area contributed by atoms with Crippen LogP contribution in [0.2, 0.25) is 28.1 Å². The first-order chi connectivity index (χ1) is 6.19. The molecular weight excluding hydrogens is 312 g/mol. The molecule has 0 aliphatic carbocycles. The molecule has 0 radical (unpaired) electrons. The summed E-state index contributed by atoms with van der Waals surface area (Å²) >= 11 is -0.312. The van der Waals surface area contributed by atoms with Crippen molar-refractivity contribution in [3.63, 3.8) is 0 Å². The zero-order valence-corrected chi connectivity index (χ0v) is 13.2. The second kappa shape index (κ2) is 5.50. The first-order valence-electron chi connectivity index (χ1n) is 4.55. The van der Waals surface area contributed by atoms with Gasteiger partial charge in [0.1, 0.15) is 0 Å². The van der Waals surface area contributed by atoms with Crippen LogP contribution in [0.4, 0.5) is 0 Å². The summed E-state index contributed by atoms with van der Waals surface area (Å²) in [6.07, 6.45) is 0. The SMILES string of the molecule is C[Te]C(C)(C)C(=O)OCO[Si](C)(C)C. The molecule has 0 aromatic heterocycles. The van der Waals surface area contributed by atoms with Crippen LogP contribution in [0.1, 0.15) is 13.8 Å². The van der Waals surface area contributed by atoms with Gasteiger partial charge in [-0.1, -0.05) is 0 Å². The van der Waals surface area contributed by atoms with Crippen molar-refractivity contribution in [2.24, 2.45) is 0 Å². The van der Waals surface area contributed by atoms with Gasteiger partial charge in [-0.15, -0.1) is 0 Å². The van der Waals surface area contributed by atoms with Crippen molar-refractivity contribution in [1.29, 1.82) is 0 Å². The van der Waals surface area contributed by atoms with Crippen molar-refractivity contribution in [1.82, 2.24) is 0 Å². The van der Waals surface area contributed by atoms with Crippen molar-refractivity contribution in [2.75, 3.05) is 6.79 Å². The Bertz CT molecular complexity index is 199. The van der Waals surface area contributed by atoms with Crippen LogP contribution in [-0.4, -0.2) is 42.0 Å². The van der Waals surface area contributed by atoms with Gasteiger partial charge in [0.15, 0.2) is 0 Å². The normalized spacial score (nSPS) is 12.7. The van der Waals surface area contributed by atoms with Gasteiger partial charge in [0.2, 0.25) is 0 Å². The number of hydrogen-bond donors (Lipinski definition) is 0. The number of carbonyl (C=O) groups is 1. The third kappa shape index (κ3) is 6.02. The predicted octanol–water partition coefficient (Wildman–Crippen LogP) is 2.29. The summed E-state index contributed by atoms with van der Waals surface area (Å²) < 4.78 is 10.3. The van der Waals surface area contributed by atoms with E-state index in [9.17, 15) is 4.79 Å². The molecule has 0 rings (SSSR count). The molecule has 0 aliphatic rings. The monoisotopic (exact) mass is 334 g/mol. The number of esters is 1. The number of carbonyl (C=O) groups excluding carboxylic acids is 1. The zero-order valence-electron chi connectivity index (χ0n) is 9.84.